The van der Waals surface area contributed by atoms with E-state index in [1.54, 1.807) is 12.1 Å². The van der Waals surface area contributed by atoms with E-state index in [9.17, 15) is 4.39 Å². The van der Waals surface area contributed by atoms with Crippen LogP contribution in [-0.2, 0) is 0 Å². The molecule has 1 heterocycles. The number of aryl methyl sites for hydroxylation is 1. The number of halogens is 2. The number of hydrogen-bond donors (Lipinski definition) is 0. The zero-order valence-electron chi connectivity index (χ0n) is 7.42. The van der Waals surface area contributed by atoms with E-state index < -0.39 is 0 Å². The van der Waals surface area contributed by atoms with E-state index in [1.807, 2.05) is 13.0 Å². The van der Waals surface area contributed by atoms with Crippen LogP contribution in [0.1, 0.15) is 5.69 Å². The lowest BCUT2D eigenvalue weighted by atomic mass is 10.2. The molecule has 14 heavy (non-hydrogen) atoms. The Morgan fingerprint density at radius 2 is 2.07 bits per heavy atom. The van der Waals surface area contributed by atoms with Crippen molar-refractivity contribution in [1.29, 1.82) is 0 Å². The molecule has 72 valence electrons. The Hall–Kier alpha value is -0.740. The Bertz CT molecular complexity index is 447. The molecule has 1 nitrogen and oxygen atoms in total. The van der Waals surface area contributed by atoms with Gasteiger partial charge in [0.2, 0.25) is 0 Å². The first-order valence-corrected chi connectivity index (χ1v) is 5.67. The van der Waals surface area contributed by atoms with E-state index in [-0.39, 0.29) is 5.82 Å². The van der Waals surface area contributed by atoms with E-state index in [0.717, 1.165) is 9.48 Å². The molecule has 0 aliphatic rings. The minimum atomic E-state index is -0.228. The highest BCUT2D eigenvalue weighted by Gasteiger charge is 2.10. The summed E-state index contributed by atoms with van der Waals surface area (Å²) < 4.78 is 14.3. The summed E-state index contributed by atoms with van der Waals surface area (Å²) in [7, 11) is 0. The predicted octanol–water partition coefficient (Wildman–Crippen LogP) is 4.02. The Kier molecular flexibility index (Phi) is 2.65. The van der Waals surface area contributed by atoms with Gasteiger partial charge in [-0.2, -0.15) is 0 Å². The minimum absolute atomic E-state index is 0.228. The summed E-state index contributed by atoms with van der Waals surface area (Å²) in [4.78, 5) is 4.27. The van der Waals surface area contributed by atoms with Gasteiger partial charge in [-0.25, -0.2) is 9.37 Å². The van der Waals surface area contributed by atoms with Crippen molar-refractivity contribution in [2.45, 2.75) is 6.92 Å². The van der Waals surface area contributed by atoms with Crippen LogP contribution in [0.2, 0.25) is 0 Å². The third kappa shape index (κ3) is 1.72. The topological polar surface area (TPSA) is 12.9 Å². The fourth-order valence-electron chi connectivity index (χ4n) is 1.13. The second-order valence-corrected chi connectivity index (χ2v) is 5.17. The molecule has 0 atom stereocenters. The van der Waals surface area contributed by atoms with Crippen molar-refractivity contribution in [3.63, 3.8) is 0 Å². The molecule has 0 radical (unpaired) electrons. The van der Waals surface area contributed by atoms with Gasteiger partial charge in [-0.3, -0.25) is 0 Å². The first kappa shape index (κ1) is 9.80. The summed E-state index contributed by atoms with van der Waals surface area (Å²) >= 11 is 4.82. The summed E-state index contributed by atoms with van der Waals surface area (Å²) in [6.45, 7) is 1.89. The van der Waals surface area contributed by atoms with Crippen LogP contribution >= 0.6 is 27.3 Å². The minimum Gasteiger partial charge on any atom is -0.240 e. The highest BCUT2D eigenvalue weighted by atomic mass is 79.9. The molecule has 0 N–H and O–H groups in total. The van der Waals surface area contributed by atoms with Gasteiger partial charge in [0, 0.05) is 5.56 Å². The van der Waals surface area contributed by atoms with Crippen LogP contribution in [0.5, 0.6) is 0 Å². The second kappa shape index (κ2) is 3.79. The van der Waals surface area contributed by atoms with E-state index >= 15 is 0 Å². The maximum absolute atomic E-state index is 13.4. The fourth-order valence-corrected chi connectivity index (χ4v) is 2.50. The van der Waals surface area contributed by atoms with Gasteiger partial charge >= 0.3 is 0 Å². The molecule has 0 fully saturated rings. The average molecular weight is 272 g/mol. The monoisotopic (exact) mass is 271 g/mol. The number of hydrogen-bond acceptors (Lipinski definition) is 2. The number of benzene rings is 1. The first-order valence-electron chi connectivity index (χ1n) is 4.06. The van der Waals surface area contributed by atoms with Gasteiger partial charge in [0.25, 0.3) is 0 Å². The predicted molar refractivity (Wildman–Crippen MR) is 59.9 cm³/mol. The quantitative estimate of drug-likeness (QED) is 0.764. The first-order chi connectivity index (χ1) is 6.68. The van der Waals surface area contributed by atoms with Crippen molar-refractivity contribution in [3.8, 4) is 10.6 Å². The van der Waals surface area contributed by atoms with E-state index in [2.05, 4.69) is 20.9 Å². The summed E-state index contributed by atoms with van der Waals surface area (Å²) in [6, 6.07) is 6.66. The molecule has 0 aliphatic heterocycles. The van der Waals surface area contributed by atoms with Gasteiger partial charge in [0.15, 0.2) is 0 Å². The van der Waals surface area contributed by atoms with Crippen LogP contribution in [-0.4, -0.2) is 4.98 Å². The second-order valence-electron chi connectivity index (χ2n) is 2.86. The lowest BCUT2D eigenvalue weighted by Crippen LogP contribution is -1.82. The summed E-state index contributed by atoms with van der Waals surface area (Å²) in [6.07, 6.45) is 0. The standard InChI is InChI=1S/C10H7BrFNS/c1-6-9(11)14-10(13-6)7-4-2-3-5-8(7)12/h2-5H,1H3. The molecule has 1 aromatic heterocycles. The van der Waals surface area contributed by atoms with Crippen LogP contribution in [0.15, 0.2) is 28.1 Å². The zero-order chi connectivity index (χ0) is 10.1. The molecule has 2 aromatic rings. The van der Waals surface area contributed by atoms with Gasteiger partial charge in [0.05, 0.1) is 9.48 Å². The van der Waals surface area contributed by atoms with Crippen LogP contribution in [0.4, 0.5) is 4.39 Å². The average Bonchev–Trinajstić information content (AvgIpc) is 2.48. The number of thiazole rings is 1. The van der Waals surface area contributed by atoms with Crippen molar-refractivity contribution in [3.05, 3.63) is 39.6 Å². The van der Waals surface area contributed by atoms with E-state index in [0.29, 0.717) is 10.6 Å². The Morgan fingerprint density at radius 3 is 2.64 bits per heavy atom. The SMILES string of the molecule is Cc1nc(-c2ccccc2F)sc1Br. The maximum Gasteiger partial charge on any atom is 0.133 e. The molecular formula is C10H7BrFNS. The normalized spacial score (nSPS) is 10.5. The summed E-state index contributed by atoms with van der Waals surface area (Å²) in [5.41, 5.74) is 1.46. The number of rotatable bonds is 1. The molecule has 4 heteroatoms. The molecule has 0 amide bonds. The Morgan fingerprint density at radius 1 is 1.36 bits per heavy atom. The van der Waals surface area contributed by atoms with Gasteiger partial charge in [-0.05, 0) is 35.0 Å². The van der Waals surface area contributed by atoms with Crippen molar-refractivity contribution in [2.75, 3.05) is 0 Å². The third-order valence-corrected chi connectivity index (χ3v) is 3.88. The van der Waals surface area contributed by atoms with Gasteiger partial charge in [-0.15, -0.1) is 11.3 Å². The van der Waals surface area contributed by atoms with Gasteiger partial charge < -0.3 is 0 Å². The molecule has 0 saturated heterocycles. The summed E-state index contributed by atoms with van der Waals surface area (Å²) in [5, 5.41) is 0.715. The van der Waals surface area contributed by atoms with Crippen molar-refractivity contribution in [1.82, 2.24) is 4.98 Å². The largest absolute Gasteiger partial charge is 0.240 e. The summed E-state index contributed by atoms with van der Waals surface area (Å²) in [5.74, 6) is -0.228. The molecule has 0 bridgehead atoms. The molecule has 0 unspecified atom stereocenters. The van der Waals surface area contributed by atoms with Crippen molar-refractivity contribution in [2.24, 2.45) is 0 Å². The molecule has 1 aromatic carbocycles. The maximum atomic E-state index is 13.4. The highest BCUT2D eigenvalue weighted by molar-refractivity contribution is 9.11. The Balaban J connectivity index is 2.55. The van der Waals surface area contributed by atoms with E-state index in [1.165, 1.54) is 17.4 Å². The fraction of sp³-hybridized carbons (Fsp3) is 0.100. The van der Waals surface area contributed by atoms with Crippen LogP contribution in [0.25, 0.3) is 10.6 Å². The molecule has 2 rings (SSSR count). The highest BCUT2D eigenvalue weighted by Crippen LogP contribution is 2.32. The Labute approximate surface area is 93.7 Å². The number of aromatic nitrogens is 1. The lowest BCUT2D eigenvalue weighted by Gasteiger charge is -1.96. The van der Waals surface area contributed by atoms with Crippen molar-refractivity contribution < 1.29 is 4.39 Å². The third-order valence-electron chi connectivity index (χ3n) is 1.84. The van der Waals surface area contributed by atoms with E-state index in [4.69, 9.17) is 0 Å². The molecule has 0 aliphatic carbocycles. The molecule has 0 spiro atoms. The smallest absolute Gasteiger partial charge is 0.133 e. The molecule has 0 saturated carbocycles. The zero-order valence-corrected chi connectivity index (χ0v) is 9.82. The van der Waals surface area contributed by atoms with Crippen LogP contribution in [0.3, 0.4) is 0 Å². The number of nitrogens with zero attached hydrogens (tertiary/aromatic N) is 1. The van der Waals surface area contributed by atoms with Crippen molar-refractivity contribution >= 4 is 27.3 Å². The van der Waals surface area contributed by atoms with Gasteiger partial charge in [0.1, 0.15) is 10.8 Å². The van der Waals surface area contributed by atoms with Gasteiger partial charge in [-0.1, -0.05) is 12.1 Å². The lowest BCUT2D eigenvalue weighted by molar-refractivity contribution is 0.631. The van der Waals surface area contributed by atoms with Crippen LogP contribution in [0, 0.1) is 12.7 Å². The van der Waals surface area contributed by atoms with Crippen LogP contribution < -0.4 is 0 Å². The molecular weight excluding hydrogens is 265 g/mol.